The third kappa shape index (κ3) is 4.50. The molecule has 1 aliphatic rings. The molecule has 0 aliphatic heterocycles. The molecule has 2 aromatic rings. The predicted octanol–water partition coefficient (Wildman–Crippen LogP) is 2.89. The van der Waals surface area contributed by atoms with Crippen molar-refractivity contribution < 1.29 is 9.59 Å². The second-order valence-corrected chi connectivity index (χ2v) is 10.1. The zero-order valence-electron chi connectivity index (χ0n) is 16.0. The number of hydrazine groups is 1. The van der Waals surface area contributed by atoms with Crippen LogP contribution >= 0.6 is 22.7 Å². The molecule has 0 saturated carbocycles. The summed E-state index contributed by atoms with van der Waals surface area (Å²) in [5.41, 5.74) is 7.10. The number of hydrogen-bond acceptors (Lipinski definition) is 5. The Kier molecular flexibility index (Phi) is 5.58. The number of carbonyl (C=O) groups is 2. The van der Waals surface area contributed by atoms with Crippen LogP contribution < -0.4 is 15.7 Å². The van der Waals surface area contributed by atoms with Crippen LogP contribution in [0.3, 0.4) is 0 Å². The van der Waals surface area contributed by atoms with Crippen LogP contribution in [0.4, 0.5) is 0 Å². The lowest BCUT2D eigenvalue weighted by Gasteiger charge is -2.33. The van der Waals surface area contributed by atoms with Gasteiger partial charge in [0.15, 0.2) is 0 Å². The van der Waals surface area contributed by atoms with E-state index in [-0.39, 0.29) is 22.7 Å². The van der Waals surface area contributed by atoms with Crippen LogP contribution in [0.5, 0.6) is 0 Å². The molecule has 0 saturated heterocycles. The topological polar surface area (TPSA) is 80.2 Å². The molecule has 0 bridgehead atoms. The van der Waals surface area contributed by atoms with E-state index in [9.17, 15) is 14.4 Å². The fourth-order valence-electron chi connectivity index (χ4n) is 3.34. The molecule has 0 radical (unpaired) electrons. The highest BCUT2D eigenvalue weighted by atomic mass is 32.1. The minimum atomic E-state index is -0.430. The van der Waals surface area contributed by atoms with Crippen LogP contribution in [0, 0.1) is 18.3 Å². The summed E-state index contributed by atoms with van der Waals surface area (Å²) in [6.07, 6.45) is 3.14. The zero-order chi connectivity index (χ0) is 19.8. The lowest BCUT2D eigenvalue weighted by Crippen LogP contribution is -2.43. The molecule has 0 fully saturated rings. The van der Waals surface area contributed by atoms with Crippen molar-refractivity contribution in [1.82, 2.24) is 15.4 Å². The molecular formula is C19H25N3O3S2. The van der Waals surface area contributed by atoms with E-state index in [0.717, 1.165) is 36.3 Å². The minimum absolute atomic E-state index is 0.108. The normalized spacial score (nSPS) is 16.7. The molecule has 6 nitrogen and oxygen atoms in total. The fraction of sp³-hybridized carbons (Fsp3) is 0.526. The summed E-state index contributed by atoms with van der Waals surface area (Å²) in [4.78, 5) is 37.8. The summed E-state index contributed by atoms with van der Waals surface area (Å²) in [6, 6.07) is 1.95. The summed E-state index contributed by atoms with van der Waals surface area (Å²) in [5, 5.41) is 1.70. The van der Waals surface area contributed by atoms with Gasteiger partial charge in [-0.05, 0) is 49.1 Å². The first-order valence-electron chi connectivity index (χ1n) is 9.01. The molecule has 2 heterocycles. The van der Waals surface area contributed by atoms with Crippen molar-refractivity contribution in [1.29, 1.82) is 0 Å². The van der Waals surface area contributed by atoms with Gasteiger partial charge in [0.1, 0.15) is 6.54 Å². The van der Waals surface area contributed by atoms with Crippen molar-refractivity contribution in [2.45, 2.75) is 53.5 Å². The Morgan fingerprint density at radius 1 is 1.30 bits per heavy atom. The van der Waals surface area contributed by atoms with E-state index in [1.54, 1.807) is 12.3 Å². The molecule has 2 aromatic heterocycles. The molecule has 2 amide bonds. The highest BCUT2D eigenvalue weighted by molar-refractivity contribution is 7.14. The third-order valence-electron chi connectivity index (χ3n) is 5.12. The van der Waals surface area contributed by atoms with Gasteiger partial charge >= 0.3 is 4.87 Å². The molecule has 2 N–H and O–H groups in total. The number of nitrogens with zero attached hydrogens (tertiary/aromatic N) is 1. The fourth-order valence-corrected chi connectivity index (χ4v) is 5.18. The van der Waals surface area contributed by atoms with Crippen molar-refractivity contribution in [2.24, 2.45) is 11.3 Å². The Morgan fingerprint density at radius 2 is 2.04 bits per heavy atom. The first kappa shape index (κ1) is 19.8. The van der Waals surface area contributed by atoms with E-state index in [0.29, 0.717) is 10.8 Å². The van der Waals surface area contributed by atoms with E-state index in [1.165, 1.54) is 26.3 Å². The Labute approximate surface area is 166 Å². The number of fused-ring (bicyclic) bond motifs is 1. The van der Waals surface area contributed by atoms with E-state index < -0.39 is 5.91 Å². The predicted molar refractivity (Wildman–Crippen MR) is 108 cm³/mol. The number of thiophene rings is 1. The number of nitrogens with one attached hydrogen (secondary N) is 2. The molecule has 8 heteroatoms. The maximum atomic E-state index is 12.4. The Morgan fingerprint density at radius 3 is 2.67 bits per heavy atom. The van der Waals surface area contributed by atoms with Crippen molar-refractivity contribution in [3.63, 3.8) is 0 Å². The molecule has 0 spiro atoms. The maximum Gasteiger partial charge on any atom is 0.307 e. The molecule has 146 valence electrons. The average molecular weight is 408 g/mol. The largest absolute Gasteiger partial charge is 0.307 e. The highest BCUT2D eigenvalue weighted by Crippen LogP contribution is 2.40. The van der Waals surface area contributed by atoms with Crippen molar-refractivity contribution in [3.05, 3.63) is 42.1 Å². The van der Waals surface area contributed by atoms with Crippen molar-refractivity contribution in [2.75, 3.05) is 0 Å². The summed E-state index contributed by atoms with van der Waals surface area (Å²) in [6.45, 7) is 8.45. The van der Waals surface area contributed by atoms with E-state index in [1.807, 2.05) is 6.07 Å². The van der Waals surface area contributed by atoms with Gasteiger partial charge in [-0.3, -0.25) is 29.8 Å². The zero-order valence-corrected chi connectivity index (χ0v) is 17.7. The van der Waals surface area contributed by atoms with Crippen LogP contribution in [0.15, 0.2) is 16.2 Å². The molecule has 3 rings (SSSR count). The molecule has 27 heavy (non-hydrogen) atoms. The number of aryl methyl sites for hydroxylation is 2. The van der Waals surface area contributed by atoms with Gasteiger partial charge in [0.05, 0.1) is 4.88 Å². The van der Waals surface area contributed by atoms with Crippen LogP contribution in [0.1, 0.15) is 53.0 Å². The first-order chi connectivity index (χ1) is 12.6. The summed E-state index contributed by atoms with van der Waals surface area (Å²) < 4.78 is 1.38. The van der Waals surface area contributed by atoms with Crippen molar-refractivity contribution in [3.8, 4) is 0 Å². The molecule has 1 unspecified atom stereocenters. The molecular weight excluding hydrogens is 382 g/mol. The minimum Gasteiger partial charge on any atom is -0.294 e. The number of aromatic nitrogens is 1. The van der Waals surface area contributed by atoms with Gasteiger partial charge < -0.3 is 0 Å². The number of carbonyl (C=O) groups excluding carboxylic acids is 2. The highest BCUT2D eigenvalue weighted by Gasteiger charge is 2.30. The third-order valence-corrected chi connectivity index (χ3v) is 7.24. The van der Waals surface area contributed by atoms with Crippen molar-refractivity contribution >= 4 is 34.5 Å². The van der Waals surface area contributed by atoms with Crippen LogP contribution in [0.25, 0.3) is 0 Å². The number of amides is 2. The van der Waals surface area contributed by atoms with E-state index in [4.69, 9.17) is 0 Å². The second kappa shape index (κ2) is 7.59. The lowest BCUT2D eigenvalue weighted by atomic mass is 9.72. The number of thiazole rings is 1. The summed E-state index contributed by atoms with van der Waals surface area (Å²) >= 11 is 2.55. The Balaban J connectivity index is 1.59. The second-order valence-electron chi connectivity index (χ2n) is 8.10. The molecule has 1 aliphatic carbocycles. The van der Waals surface area contributed by atoms with Crippen LogP contribution in [-0.2, 0) is 24.2 Å². The van der Waals surface area contributed by atoms with Gasteiger partial charge in [0, 0.05) is 16.0 Å². The van der Waals surface area contributed by atoms with E-state index in [2.05, 4.69) is 31.6 Å². The van der Waals surface area contributed by atoms with Gasteiger partial charge in [-0.15, -0.1) is 11.3 Å². The standard InChI is InChI=1S/C19H25N3O3S2/c1-11-10-26-18(25)22(11)9-16(23)20-21-17(24)15-8-12-7-13(19(2,3)4)5-6-14(12)27-15/h8,10,13H,5-7,9H2,1-4H3,(H,20,23)(H,21,24). The average Bonchev–Trinajstić information content (AvgIpc) is 3.16. The van der Waals surface area contributed by atoms with Gasteiger partial charge in [-0.1, -0.05) is 32.1 Å². The number of hydrogen-bond donors (Lipinski definition) is 2. The summed E-state index contributed by atoms with van der Waals surface area (Å²) in [5.74, 6) is -0.132. The van der Waals surface area contributed by atoms with E-state index >= 15 is 0 Å². The SMILES string of the molecule is Cc1csc(=O)n1CC(=O)NNC(=O)c1cc2c(s1)CCC(C(C)(C)C)C2. The van der Waals surface area contributed by atoms with Gasteiger partial charge in [0.2, 0.25) is 0 Å². The number of rotatable bonds is 3. The smallest absolute Gasteiger partial charge is 0.294 e. The molecule has 1 atom stereocenters. The van der Waals surface area contributed by atoms with Gasteiger partial charge in [-0.2, -0.15) is 0 Å². The van der Waals surface area contributed by atoms with Gasteiger partial charge in [-0.25, -0.2) is 0 Å². The van der Waals surface area contributed by atoms with Gasteiger partial charge in [0.25, 0.3) is 11.8 Å². The first-order valence-corrected chi connectivity index (χ1v) is 10.7. The Bertz CT molecular complexity index is 918. The van der Waals surface area contributed by atoms with Crippen LogP contribution in [0.2, 0.25) is 0 Å². The monoisotopic (exact) mass is 407 g/mol. The van der Waals surface area contributed by atoms with Crippen LogP contribution in [-0.4, -0.2) is 16.4 Å². The summed E-state index contributed by atoms with van der Waals surface area (Å²) in [7, 11) is 0. The Hall–Kier alpha value is -1.93. The quantitative estimate of drug-likeness (QED) is 0.768. The maximum absolute atomic E-state index is 12.4. The molecule has 0 aromatic carbocycles. The lowest BCUT2D eigenvalue weighted by molar-refractivity contribution is -0.122.